The molecule has 2 aromatic heterocycles. The Bertz CT molecular complexity index is 2570. The monoisotopic (exact) mass is 770 g/mol. The molecule has 0 aliphatic rings. The van der Waals surface area contributed by atoms with Crippen molar-refractivity contribution in [3.05, 3.63) is 179 Å². The van der Waals surface area contributed by atoms with E-state index in [-0.39, 0.29) is 11.3 Å². The van der Waals surface area contributed by atoms with Crippen molar-refractivity contribution in [2.75, 3.05) is 5.32 Å². The van der Waals surface area contributed by atoms with Gasteiger partial charge >= 0.3 is 6.18 Å². The largest absolute Gasteiger partial charge is 0.416 e. The fourth-order valence-electron chi connectivity index (χ4n) is 6.50. The van der Waals surface area contributed by atoms with E-state index in [2.05, 4.69) is 114 Å². The van der Waals surface area contributed by atoms with Crippen LogP contribution in [-0.4, -0.2) is 20.9 Å². The number of hydrogen-bond acceptors (Lipinski definition) is 3. The SMILES string of the molecule is Cc1ccccc1P(c1ccccc1C)c1ccccc1C.O=C(Nc1cccc(C(F)(F)F)c1)c1ccc(Cl)c(-c2ccc3c(c2)[nH]c2ncncc23)c1. The maximum Gasteiger partial charge on any atom is 0.416 e. The second-order valence-corrected chi connectivity index (χ2v) is 15.6. The molecule has 0 aliphatic carbocycles. The average molecular weight is 771 g/mol. The number of aryl methyl sites for hydroxylation is 3. The van der Waals surface area contributed by atoms with Gasteiger partial charge in [0, 0.05) is 44.3 Å². The molecule has 0 unspecified atom stereocenters. The van der Waals surface area contributed by atoms with Crippen LogP contribution in [0.4, 0.5) is 18.9 Å². The van der Waals surface area contributed by atoms with Gasteiger partial charge in [0.15, 0.2) is 0 Å². The van der Waals surface area contributed by atoms with Crippen LogP contribution in [0, 0.1) is 20.8 Å². The van der Waals surface area contributed by atoms with E-state index in [9.17, 15) is 18.0 Å². The second-order valence-electron chi connectivity index (χ2n) is 13.1. The molecule has 0 fully saturated rings. The molecule has 8 rings (SSSR count). The van der Waals surface area contributed by atoms with E-state index < -0.39 is 25.6 Å². The van der Waals surface area contributed by atoms with Crippen LogP contribution in [0.2, 0.25) is 5.02 Å². The molecule has 0 radical (unpaired) electrons. The number of nitrogens with zero attached hydrogens (tertiary/aromatic N) is 2. The third kappa shape index (κ3) is 8.16. The summed E-state index contributed by atoms with van der Waals surface area (Å²) in [6.07, 6.45) is -1.31. The zero-order valence-corrected chi connectivity index (χ0v) is 31.8. The van der Waals surface area contributed by atoms with Crippen molar-refractivity contribution in [3.63, 3.8) is 0 Å². The number of rotatable bonds is 6. The highest BCUT2D eigenvalue weighted by molar-refractivity contribution is 7.80. The first kappa shape index (κ1) is 37.5. The predicted molar refractivity (Wildman–Crippen MR) is 221 cm³/mol. The summed E-state index contributed by atoms with van der Waals surface area (Å²) in [5.41, 5.74) is 6.51. The lowest BCUT2D eigenvalue weighted by Crippen LogP contribution is -2.25. The van der Waals surface area contributed by atoms with Gasteiger partial charge in [-0.2, -0.15) is 13.2 Å². The average Bonchev–Trinajstić information content (AvgIpc) is 3.55. The number of nitrogens with one attached hydrogen (secondary N) is 2. The number of carbonyl (C=O) groups is 1. The summed E-state index contributed by atoms with van der Waals surface area (Å²) in [6, 6.07) is 41.3. The summed E-state index contributed by atoms with van der Waals surface area (Å²) in [5, 5.41) is 9.16. The Morgan fingerprint density at radius 3 is 1.93 bits per heavy atom. The molecule has 1 amide bonds. The summed E-state index contributed by atoms with van der Waals surface area (Å²) in [4.78, 5) is 24.2. The second kappa shape index (κ2) is 15.9. The number of alkyl halides is 3. The third-order valence-electron chi connectivity index (χ3n) is 9.33. The zero-order chi connectivity index (χ0) is 38.7. The molecular formula is C45H35ClF3N4OP. The molecule has 8 aromatic rings. The molecule has 0 bridgehead atoms. The summed E-state index contributed by atoms with van der Waals surface area (Å²) >= 11 is 6.41. The summed E-state index contributed by atoms with van der Waals surface area (Å²) in [6.45, 7) is 6.67. The van der Waals surface area contributed by atoms with Gasteiger partial charge in [0.25, 0.3) is 5.91 Å². The number of hydrogen-bond donors (Lipinski definition) is 2. The van der Waals surface area contributed by atoms with Gasteiger partial charge in [0.05, 0.1) is 5.56 Å². The molecule has 0 saturated heterocycles. The quantitative estimate of drug-likeness (QED) is 0.165. The number of amides is 1. The van der Waals surface area contributed by atoms with Gasteiger partial charge in [-0.25, -0.2) is 9.97 Å². The lowest BCUT2D eigenvalue weighted by Gasteiger charge is -2.24. The molecule has 2 heterocycles. The number of aromatic amines is 1. The molecular weight excluding hydrogens is 736 g/mol. The lowest BCUT2D eigenvalue weighted by atomic mass is 10.0. The molecule has 2 N–H and O–H groups in total. The van der Waals surface area contributed by atoms with E-state index in [0.29, 0.717) is 16.2 Å². The molecule has 0 atom stereocenters. The number of carbonyl (C=O) groups excluding carboxylic acids is 1. The zero-order valence-electron chi connectivity index (χ0n) is 30.1. The highest BCUT2D eigenvalue weighted by Crippen LogP contribution is 2.37. The van der Waals surface area contributed by atoms with E-state index in [1.165, 1.54) is 57.1 Å². The van der Waals surface area contributed by atoms with Gasteiger partial charge in [-0.3, -0.25) is 4.79 Å². The molecule has 0 aliphatic heterocycles. The van der Waals surface area contributed by atoms with Gasteiger partial charge in [0.1, 0.15) is 12.0 Å². The predicted octanol–water partition coefficient (Wildman–Crippen LogP) is 11.1. The molecule has 6 aromatic carbocycles. The smallest absolute Gasteiger partial charge is 0.339 e. The number of H-pyrrole nitrogens is 1. The summed E-state index contributed by atoms with van der Waals surface area (Å²) in [7, 11) is -0.508. The van der Waals surface area contributed by atoms with Gasteiger partial charge in [-0.05, 0) is 109 Å². The summed E-state index contributed by atoms with van der Waals surface area (Å²) in [5.74, 6) is -0.547. The Morgan fingerprint density at radius 2 is 1.33 bits per heavy atom. The molecule has 0 spiro atoms. The van der Waals surface area contributed by atoms with Crippen molar-refractivity contribution < 1.29 is 18.0 Å². The molecule has 274 valence electrons. The maximum absolute atomic E-state index is 13.0. The number of halogens is 4. The topological polar surface area (TPSA) is 70.7 Å². The Balaban J connectivity index is 0.000000184. The van der Waals surface area contributed by atoms with Crippen molar-refractivity contribution in [2.45, 2.75) is 26.9 Å². The first-order valence-corrected chi connectivity index (χ1v) is 19.2. The van der Waals surface area contributed by atoms with Crippen LogP contribution in [0.5, 0.6) is 0 Å². The van der Waals surface area contributed by atoms with Crippen molar-refractivity contribution in [3.8, 4) is 11.1 Å². The van der Waals surface area contributed by atoms with E-state index in [1.54, 1.807) is 18.3 Å². The van der Waals surface area contributed by atoms with Crippen molar-refractivity contribution in [1.29, 1.82) is 0 Å². The Hall–Kier alpha value is -5.82. The number of fused-ring (bicyclic) bond motifs is 3. The Morgan fingerprint density at radius 1 is 0.709 bits per heavy atom. The first-order chi connectivity index (χ1) is 26.5. The van der Waals surface area contributed by atoms with Crippen LogP contribution in [0.3, 0.4) is 0 Å². The summed E-state index contributed by atoms with van der Waals surface area (Å²) < 4.78 is 38.9. The van der Waals surface area contributed by atoms with E-state index in [1.807, 2.05) is 18.2 Å². The first-order valence-electron chi connectivity index (χ1n) is 17.4. The van der Waals surface area contributed by atoms with Gasteiger partial charge in [-0.15, -0.1) is 0 Å². The van der Waals surface area contributed by atoms with Gasteiger partial charge in [0.2, 0.25) is 0 Å². The number of anilines is 1. The molecule has 55 heavy (non-hydrogen) atoms. The fourth-order valence-corrected chi connectivity index (χ4v) is 9.49. The van der Waals surface area contributed by atoms with Crippen molar-refractivity contribution in [2.24, 2.45) is 0 Å². The minimum Gasteiger partial charge on any atom is -0.339 e. The highest BCUT2D eigenvalue weighted by Gasteiger charge is 2.30. The Labute approximate surface area is 323 Å². The lowest BCUT2D eigenvalue weighted by molar-refractivity contribution is -0.137. The molecule has 5 nitrogen and oxygen atoms in total. The van der Waals surface area contributed by atoms with Crippen LogP contribution in [0.1, 0.15) is 32.6 Å². The van der Waals surface area contributed by atoms with Crippen LogP contribution in [0.15, 0.2) is 146 Å². The maximum atomic E-state index is 13.0. The van der Waals surface area contributed by atoms with Gasteiger partial charge in [-0.1, -0.05) is 103 Å². The highest BCUT2D eigenvalue weighted by atomic mass is 35.5. The van der Waals surface area contributed by atoms with E-state index in [4.69, 9.17) is 11.6 Å². The van der Waals surface area contributed by atoms with Crippen LogP contribution >= 0.6 is 19.5 Å². The number of aromatic nitrogens is 3. The van der Waals surface area contributed by atoms with E-state index in [0.717, 1.165) is 34.0 Å². The van der Waals surface area contributed by atoms with Crippen molar-refractivity contribution in [1.82, 2.24) is 15.0 Å². The van der Waals surface area contributed by atoms with E-state index >= 15 is 0 Å². The third-order valence-corrected chi connectivity index (χ3v) is 12.6. The molecule has 10 heteroatoms. The van der Waals surface area contributed by atoms with Gasteiger partial charge < -0.3 is 10.3 Å². The normalized spacial score (nSPS) is 11.4. The van der Waals surface area contributed by atoms with Crippen LogP contribution < -0.4 is 21.2 Å². The van der Waals surface area contributed by atoms with Crippen molar-refractivity contribution >= 4 is 69.0 Å². The molecule has 0 saturated carbocycles. The Kier molecular flexibility index (Phi) is 10.8. The minimum absolute atomic E-state index is 0.0481. The van der Waals surface area contributed by atoms with Crippen LogP contribution in [-0.2, 0) is 6.18 Å². The fraction of sp³-hybridized carbons (Fsp3) is 0.0889. The number of benzene rings is 6. The minimum atomic E-state index is -4.50. The standard InChI is InChI=1S/C24H14ClF3N4O.C21H21P/c25-20-7-5-14(23(33)31-16-3-1-2-15(10-16)24(26,27)28)8-18(20)13-4-6-17-19-11-29-12-30-22(19)32-21(17)9-13;1-16-10-4-7-13-19(16)22(20-14-8-5-11-17(20)2)21-15-9-6-12-18(21)3/h1-12H,(H,31,33)(H,29,30,32);4-15H,1-3H3. The van der Waals surface area contributed by atoms with Crippen LogP contribution in [0.25, 0.3) is 33.1 Å².